The van der Waals surface area contributed by atoms with E-state index >= 15 is 0 Å². The summed E-state index contributed by atoms with van der Waals surface area (Å²) in [6.45, 7) is 6.45. The lowest BCUT2D eigenvalue weighted by Crippen LogP contribution is -2.38. The van der Waals surface area contributed by atoms with Crippen LogP contribution >= 0.6 is 15.9 Å². The number of methoxy groups -OCH3 is 1. The van der Waals surface area contributed by atoms with Gasteiger partial charge >= 0.3 is 0 Å². The smallest absolute Gasteiger partial charge is 0.273 e. The van der Waals surface area contributed by atoms with E-state index in [0.29, 0.717) is 12.3 Å². The van der Waals surface area contributed by atoms with Gasteiger partial charge in [0.15, 0.2) is 11.5 Å². The third-order valence-electron chi connectivity index (χ3n) is 5.08. The highest BCUT2D eigenvalue weighted by Crippen LogP contribution is 2.24. The number of nitrogens with one attached hydrogen (secondary N) is 1. The second kappa shape index (κ2) is 10.4. The minimum Gasteiger partial charge on any atom is -0.497 e. The van der Waals surface area contributed by atoms with Crippen LogP contribution < -0.4 is 10.1 Å². The summed E-state index contributed by atoms with van der Waals surface area (Å²) in [5, 5.41) is 6.95. The minimum atomic E-state index is -0.257. The van der Waals surface area contributed by atoms with E-state index in [0.717, 1.165) is 34.4 Å². The molecular formula is C23H26BrN3O3. The highest BCUT2D eigenvalue weighted by atomic mass is 79.9. The molecule has 1 N–H and O–H groups in total. The Kier molecular flexibility index (Phi) is 7.65. The van der Waals surface area contributed by atoms with Gasteiger partial charge in [-0.1, -0.05) is 59.2 Å². The minimum absolute atomic E-state index is 0.0488. The van der Waals surface area contributed by atoms with E-state index < -0.39 is 0 Å². The van der Waals surface area contributed by atoms with E-state index in [9.17, 15) is 4.79 Å². The first kappa shape index (κ1) is 22.1. The third kappa shape index (κ3) is 5.29. The monoisotopic (exact) mass is 471 g/mol. The van der Waals surface area contributed by atoms with Crippen molar-refractivity contribution < 1.29 is 14.1 Å². The maximum absolute atomic E-state index is 12.7. The quantitative estimate of drug-likeness (QED) is 0.479. The Morgan fingerprint density at radius 2 is 1.80 bits per heavy atom. The summed E-state index contributed by atoms with van der Waals surface area (Å²) >= 11 is 3.41. The van der Waals surface area contributed by atoms with Gasteiger partial charge in [-0.05, 0) is 42.9 Å². The topological polar surface area (TPSA) is 67.6 Å². The molecule has 0 saturated heterocycles. The largest absolute Gasteiger partial charge is 0.497 e. The molecule has 0 aliphatic rings. The molecule has 0 aliphatic carbocycles. The first-order valence-electron chi connectivity index (χ1n) is 9.94. The van der Waals surface area contributed by atoms with E-state index in [1.165, 1.54) is 0 Å². The highest BCUT2D eigenvalue weighted by molar-refractivity contribution is 9.10. The van der Waals surface area contributed by atoms with E-state index in [-0.39, 0.29) is 17.6 Å². The van der Waals surface area contributed by atoms with Crippen LogP contribution in [0.3, 0.4) is 0 Å². The molecular weight excluding hydrogens is 446 g/mol. The lowest BCUT2D eigenvalue weighted by Gasteiger charge is -2.30. The molecule has 6 nitrogen and oxygen atoms in total. The fraction of sp³-hybridized carbons (Fsp3) is 0.304. The zero-order valence-corrected chi connectivity index (χ0v) is 19.0. The van der Waals surface area contributed by atoms with Crippen molar-refractivity contribution in [3.63, 3.8) is 0 Å². The lowest BCUT2D eigenvalue weighted by atomic mass is 10.0. The number of carbonyl (C=O) groups is 1. The SMILES string of the molecule is CCN(CC)[C@@H](CNC(=O)c1cc(-c2ccc(Br)cc2)on1)c1ccc(OC)cc1. The second-order valence-corrected chi connectivity index (χ2v) is 7.72. The Labute approximate surface area is 185 Å². The molecule has 2 aromatic carbocycles. The molecule has 1 heterocycles. The number of halogens is 1. The Hall–Kier alpha value is -2.64. The van der Waals surface area contributed by atoms with Crippen molar-refractivity contribution in [3.05, 3.63) is 70.3 Å². The molecule has 158 valence electrons. The summed E-state index contributed by atoms with van der Waals surface area (Å²) in [6.07, 6.45) is 0. The average molecular weight is 472 g/mol. The van der Waals surface area contributed by atoms with Crippen molar-refractivity contribution in [2.24, 2.45) is 0 Å². The van der Waals surface area contributed by atoms with Gasteiger partial charge in [-0.2, -0.15) is 0 Å². The van der Waals surface area contributed by atoms with Gasteiger partial charge in [-0.25, -0.2) is 0 Å². The molecule has 0 saturated carbocycles. The summed E-state index contributed by atoms with van der Waals surface area (Å²) in [7, 11) is 1.65. The molecule has 3 aromatic rings. The summed E-state index contributed by atoms with van der Waals surface area (Å²) in [6, 6.07) is 17.3. The van der Waals surface area contributed by atoms with E-state index in [4.69, 9.17) is 9.26 Å². The summed E-state index contributed by atoms with van der Waals surface area (Å²) in [5.41, 5.74) is 2.25. The van der Waals surface area contributed by atoms with Crippen molar-refractivity contribution in [2.45, 2.75) is 19.9 Å². The number of hydrogen-bond donors (Lipinski definition) is 1. The van der Waals surface area contributed by atoms with Gasteiger partial charge in [-0.3, -0.25) is 9.69 Å². The van der Waals surface area contributed by atoms with Gasteiger partial charge in [0.2, 0.25) is 0 Å². The van der Waals surface area contributed by atoms with Gasteiger partial charge in [0, 0.05) is 22.6 Å². The van der Waals surface area contributed by atoms with Crippen molar-refractivity contribution in [3.8, 4) is 17.1 Å². The fourth-order valence-electron chi connectivity index (χ4n) is 3.36. The number of hydrogen-bond acceptors (Lipinski definition) is 5. The number of amides is 1. The van der Waals surface area contributed by atoms with Crippen LogP contribution in [0.15, 0.2) is 63.6 Å². The van der Waals surface area contributed by atoms with Crippen molar-refractivity contribution in [1.29, 1.82) is 0 Å². The molecule has 0 radical (unpaired) electrons. The van der Waals surface area contributed by atoms with Crippen LogP contribution in [0.2, 0.25) is 0 Å². The Morgan fingerprint density at radius 1 is 1.13 bits per heavy atom. The second-order valence-electron chi connectivity index (χ2n) is 6.80. The zero-order valence-electron chi connectivity index (χ0n) is 17.4. The molecule has 7 heteroatoms. The van der Waals surface area contributed by atoms with Crippen LogP contribution in [-0.2, 0) is 0 Å². The van der Waals surface area contributed by atoms with Gasteiger partial charge in [0.05, 0.1) is 13.2 Å². The van der Waals surface area contributed by atoms with Gasteiger partial charge in [0.25, 0.3) is 5.91 Å². The molecule has 30 heavy (non-hydrogen) atoms. The maximum Gasteiger partial charge on any atom is 0.273 e. The number of benzene rings is 2. The predicted octanol–water partition coefficient (Wildman–Crippen LogP) is 4.93. The summed E-state index contributed by atoms with van der Waals surface area (Å²) < 4.78 is 11.6. The van der Waals surface area contributed by atoms with Crippen LogP contribution in [0.1, 0.15) is 35.9 Å². The van der Waals surface area contributed by atoms with Crippen LogP contribution in [0.4, 0.5) is 0 Å². The number of carbonyl (C=O) groups excluding carboxylic acids is 1. The van der Waals surface area contributed by atoms with Crippen LogP contribution in [0.25, 0.3) is 11.3 Å². The lowest BCUT2D eigenvalue weighted by molar-refractivity contribution is 0.0926. The van der Waals surface area contributed by atoms with Crippen molar-refractivity contribution in [1.82, 2.24) is 15.4 Å². The fourth-order valence-corrected chi connectivity index (χ4v) is 3.62. The molecule has 0 unspecified atom stereocenters. The number of likely N-dealkylation sites (N-methyl/N-ethyl adjacent to an activating group) is 1. The molecule has 0 fully saturated rings. The number of nitrogens with zero attached hydrogens (tertiary/aromatic N) is 2. The van der Waals surface area contributed by atoms with Crippen molar-refractivity contribution >= 4 is 21.8 Å². The van der Waals surface area contributed by atoms with Crippen LogP contribution in [-0.4, -0.2) is 42.7 Å². The van der Waals surface area contributed by atoms with Crippen LogP contribution in [0.5, 0.6) is 5.75 Å². The maximum atomic E-state index is 12.7. The molecule has 1 amide bonds. The number of rotatable bonds is 9. The van der Waals surface area contributed by atoms with Crippen molar-refractivity contribution in [2.75, 3.05) is 26.7 Å². The zero-order chi connectivity index (χ0) is 21.5. The molecule has 1 aromatic heterocycles. The molecule has 0 aliphatic heterocycles. The van der Waals surface area contributed by atoms with Gasteiger partial charge in [0.1, 0.15) is 5.75 Å². The number of ether oxygens (including phenoxy) is 1. The molecule has 0 bridgehead atoms. The molecule has 1 atom stereocenters. The summed E-state index contributed by atoms with van der Waals surface area (Å²) in [5.74, 6) is 1.11. The Balaban J connectivity index is 1.71. The first-order valence-corrected chi connectivity index (χ1v) is 10.7. The standard InChI is InChI=1S/C23H26BrN3O3/c1-4-27(5-2)21(16-8-12-19(29-3)13-9-16)15-25-23(28)20-14-22(30-26-20)17-6-10-18(24)11-7-17/h6-14,21H,4-5,15H2,1-3H3,(H,25,28)/t21-/m0/s1. The van der Waals surface area contributed by atoms with Gasteiger partial charge in [-0.15, -0.1) is 0 Å². The third-order valence-corrected chi connectivity index (χ3v) is 5.61. The van der Waals surface area contributed by atoms with E-state index in [1.807, 2.05) is 48.5 Å². The normalized spacial score (nSPS) is 12.0. The average Bonchev–Trinajstić information content (AvgIpc) is 3.27. The van der Waals surface area contributed by atoms with Gasteiger partial charge < -0.3 is 14.6 Å². The van der Waals surface area contributed by atoms with E-state index in [2.05, 4.69) is 45.2 Å². The number of aromatic nitrogens is 1. The molecule has 3 rings (SSSR count). The van der Waals surface area contributed by atoms with E-state index in [1.54, 1.807) is 13.2 Å². The predicted molar refractivity (Wildman–Crippen MR) is 121 cm³/mol. The Bertz CT molecular complexity index is 951. The summed E-state index contributed by atoms with van der Waals surface area (Å²) in [4.78, 5) is 15.0. The van der Waals surface area contributed by atoms with Crippen LogP contribution in [0, 0.1) is 0 Å². The first-order chi connectivity index (χ1) is 14.5. The Morgan fingerprint density at radius 3 is 2.40 bits per heavy atom. The molecule has 0 spiro atoms. The highest BCUT2D eigenvalue weighted by Gasteiger charge is 2.21.